The number of nitrogens with zero attached hydrogens (tertiary/aromatic N) is 3. The lowest BCUT2D eigenvalue weighted by Crippen LogP contribution is -2.36. The van der Waals surface area contributed by atoms with E-state index in [1.54, 1.807) is 6.20 Å². The summed E-state index contributed by atoms with van der Waals surface area (Å²) in [5.74, 6) is 1.76. The van der Waals surface area contributed by atoms with Crippen LogP contribution in [0.1, 0.15) is 25.7 Å². The van der Waals surface area contributed by atoms with E-state index in [9.17, 15) is 0 Å². The second kappa shape index (κ2) is 9.89. The number of aromatic nitrogens is 2. The van der Waals surface area contributed by atoms with Crippen LogP contribution in [0.15, 0.2) is 36.5 Å². The maximum absolute atomic E-state index is 5.98. The molecule has 0 amide bonds. The van der Waals surface area contributed by atoms with E-state index in [1.807, 2.05) is 13.1 Å². The second-order valence-electron chi connectivity index (χ2n) is 7.82. The maximum atomic E-state index is 5.98. The molecule has 0 radical (unpaired) electrons. The van der Waals surface area contributed by atoms with Gasteiger partial charge < -0.3 is 25.0 Å². The molecule has 7 nitrogen and oxygen atoms in total. The van der Waals surface area contributed by atoms with Gasteiger partial charge in [-0.2, -0.15) is 4.98 Å². The summed E-state index contributed by atoms with van der Waals surface area (Å²) in [5.41, 5.74) is 2.17. The zero-order chi connectivity index (χ0) is 19.9. The van der Waals surface area contributed by atoms with Gasteiger partial charge in [0, 0.05) is 42.8 Å². The minimum absolute atomic E-state index is 0.554. The Morgan fingerprint density at radius 1 is 1.14 bits per heavy atom. The summed E-state index contributed by atoms with van der Waals surface area (Å²) in [7, 11) is 2.05. The maximum Gasteiger partial charge on any atom is 0.230 e. The lowest BCUT2D eigenvalue weighted by atomic mass is 9.86. The van der Waals surface area contributed by atoms with Crippen LogP contribution >= 0.6 is 0 Å². The van der Waals surface area contributed by atoms with E-state index in [-0.39, 0.29) is 0 Å². The van der Waals surface area contributed by atoms with Crippen molar-refractivity contribution >= 4 is 17.3 Å². The smallest absolute Gasteiger partial charge is 0.230 e. The number of nitrogens with one attached hydrogen (secondary N) is 2. The van der Waals surface area contributed by atoms with Crippen LogP contribution in [-0.2, 0) is 4.74 Å². The van der Waals surface area contributed by atoms with Crippen LogP contribution < -0.4 is 20.3 Å². The van der Waals surface area contributed by atoms with E-state index in [4.69, 9.17) is 9.47 Å². The Kier molecular flexibility index (Phi) is 6.79. The summed E-state index contributed by atoms with van der Waals surface area (Å²) in [4.78, 5) is 11.2. The molecule has 2 aliphatic rings. The minimum atomic E-state index is 0.554. The molecule has 156 valence electrons. The number of benzene rings is 1. The van der Waals surface area contributed by atoms with Gasteiger partial charge in [-0.1, -0.05) is 6.42 Å². The third-order valence-electron chi connectivity index (χ3n) is 5.79. The highest BCUT2D eigenvalue weighted by Crippen LogP contribution is 2.25. The predicted octanol–water partition coefficient (Wildman–Crippen LogP) is 3.21. The lowest BCUT2D eigenvalue weighted by Gasteiger charge is -2.29. The fourth-order valence-corrected chi connectivity index (χ4v) is 4.10. The molecule has 2 aromatic rings. The van der Waals surface area contributed by atoms with E-state index in [0.29, 0.717) is 30.4 Å². The monoisotopic (exact) mass is 397 g/mol. The molecule has 7 heteroatoms. The summed E-state index contributed by atoms with van der Waals surface area (Å²) in [6.07, 6.45) is 6.66. The van der Waals surface area contributed by atoms with E-state index in [0.717, 1.165) is 32.0 Å². The van der Waals surface area contributed by atoms with Crippen molar-refractivity contribution < 1.29 is 9.47 Å². The molecule has 2 unspecified atom stereocenters. The van der Waals surface area contributed by atoms with Gasteiger partial charge in [0.2, 0.25) is 11.8 Å². The average Bonchev–Trinajstić information content (AvgIpc) is 2.79. The topological polar surface area (TPSA) is 71.5 Å². The van der Waals surface area contributed by atoms with Gasteiger partial charge in [-0.15, -0.1) is 0 Å². The van der Waals surface area contributed by atoms with Crippen LogP contribution in [-0.4, -0.2) is 56.0 Å². The van der Waals surface area contributed by atoms with Crippen LogP contribution in [0, 0.1) is 5.92 Å². The standard InChI is InChI=1S/C22H31N5O2/c1-23-19-4-2-3-17(15-19)16-29-21-9-10-24-22(26-21)25-18-5-7-20(8-6-18)27-11-13-28-14-12-27/h5-10,17,19,23H,2-4,11-16H2,1H3,(H,24,25,26). The first kappa shape index (κ1) is 19.9. The average molecular weight is 398 g/mol. The van der Waals surface area contributed by atoms with Crippen molar-refractivity contribution in [3.63, 3.8) is 0 Å². The van der Waals surface area contributed by atoms with Crippen LogP contribution in [0.5, 0.6) is 5.88 Å². The second-order valence-corrected chi connectivity index (χ2v) is 7.82. The van der Waals surface area contributed by atoms with Crippen molar-refractivity contribution in [1.29, 1.82) is 0 Å². The molecule has 29 heavy (non-hydrogen) atoms. The van der Waals surface area contributed by atoms with Crippen LogP contribution in [0.4, 0.5) is 17.3 Å². The Bertz CT molecular complexity index is 764. The summed E-state index contributed by atoms with van der Waals surface area (Å²) in [6, 6.07) is 10.8. The van der Waals surface area contributed by atoms with Crippen molar-refractivity contribution in [3.8, 4) is 5.88 Å². The van der Waals surface area contributed by atoms with Crippen molar-refractivity contribution in [2.45, 2.75) is 31.7 Å². The zero-order valence-corrected chi connectivity index (χ0v) is 17.1. The Morgan fingerprint density at radius 2 is 1.97 bits per heavy atom. The van der Waals surface area contributed by atoms with Crippen LogP contribution in [0.25, 0.3) is 0 Å². The van der Waals surface area contributed by atoms with Crippen molar-refractivity contribution in [1.82, 2.24) is 15.3 Å². The van der Waals surface area contributed by atoms with Gasteiger partial charge in [0.05, 0.1) is 19.8 Å². The largest absolute Gasteiger partial charge is 0.477 e. The molecule has 2 atom stereocenters. The zero-order valence-electron chi connectivity index (χ0n) is 17.1. The molecule has 0 spiro atoms. The first-order chi connectivity index (χ1) is 14.3. The molecule has 4 rings (SSSR count). The molecule has 2 N–H and O–H groups in total. The molecule has 1 aromatic heterocycles. The Labute approximate surface area is 172 Å². The first-order valence-corrected chi connectivity index (χ1v) is 10.6. The molecular weight excluding hydrogens is 366 g/mol. The van der Waals surface area contributed by atoms with Crippen molar-refractivity contribution in [3.05, 3.63) is 36.5 Å². The number of ether oxygens (including phenoxy) is 2. The normalized spacial score (nSPS) is 22.3. The third-order valence-corrected chi connectivity index (χ3v) is 5.79. The van der Waals surface area contributed by atoms with Gasteiger partial charge in [-0.25, -0.2) is 4.98 Å². The molecule has 0 bridgehead atoms. The van der Waals surface area contributed by atoms with E-state index < -0.39 is 0 Å². The van der Waals surface area contributed by atoms with E-state index in [1.165, 1.54) is 31.4 Å². The van der Waals surface area contributed by atoms with Gasteiger partial charge in [-0.3, -0.25) is 0 Å². The van der Waals surface area contributed by atoms with E-state index in [2.05, 4.69) is 49.8 Å². The summed E-state index contributed by atoms with van der Waals surface area (Å²) >= 11 is 0. The SMILES string of the molecule is CNC1CCCC(COc2ccnc(Nc3ccc(N4CCOCC4)cc3)n2)C1. The highest BCUT2D eigenvalue weighted by Gasteiger charge is 2.21. The number of morpholine rings is 1. The van der Waals surface area contributed by atoms with Gasteiger partial charge in [0.15, 0.2) is 0 Å². The molecule has 2 heterocycles. The molecule has 2 fully saturated rings. The quantitative estimate of drug-likeness (QED) is 0.743. The molecule has 1 aromatic carbocycles. The van der Waals surface area contributed by atoms with Gasteiger partial charge >= 0.3 is 0 Å². The Balaban J connectivity index is 1.31. The molecule has 1 saturated carbocycles. The van der Waals surface area contributed by atoms with Gasteiger partial charge in [0.1, 0.15) is 0 Å². The summed E-state index contributed by atoms with van der Waals surface area (Å²) in [5, 5.41) is 6.67. The first-order valence-electron chi connectivity index (χ1n) is 10.6. The molecular formula is C22H31N5O2. The minimum Gasteiger partial charge on any atom is -0.477 e. The van der Waals surface area contributed by atoms with Crippen molar-refractivity contribution in [2.24, 2.45) is 5.92 Å². The summed E-state index contributed by atoms with van der Waals surface area (Å²) < 4.78 is 11.4. The number of anilines is 3. The number of rotatable bonds is 7. The summed E-state index contributed by atoms with van der Waals surface area (Å²) in [6.45, 7) is 4.16. The van der Waals surface area contributed by atoms with E-state index >= 15 is 0 Å². The van der Waals surface area contributed by atoms with Crippen molar-refractivity contribution in [2.75, 3.05) is 50.2 Å². The van der Waals surface area contributed by atoms with Crippen LogP contribution in [0.3, 0.4) is 0 Å². The molecule has 1 aliphatic heterocycles. The van der Waals surface area contributed by atoms with Gasteiger partial charge in [-0.05, 0) is 56.5 Å². The lowest BCUT2D eigenvalue weighted by molar-refractivity contribution is 0.122. The number of hydrogen-bond acceptors (Lipinski definition) is 7. The van der Waals surface area contributed by atoms with Gasteiger partial charge in [0.25, 0.3) is 0 Å². The highest BCUT2D eigenvalue weighted by atomic mass is 16.5. The van der Waals surface area contributed by atoms with Crippen LogP contribution in [0.2, 0.25) is 0 Å². The molecule has 1 aliphatic carbocycles. The fourth-order valence-electron chi connectivity index (χ4n) is 4.10. The highest BCUT2D eigenvalue weighted by molar-refractivity contribution is 5.59. The fraction of sp³-hybridized carbons (Fsp3) is 0.545. The predicted molar refractivity (Wildman–Crippen MR) is 115 cm³/mol. The Morgan fingerprint density at radius 3 is 2.76 bits per heavy atom. The Hall–Kier alpha value is -2.38. The molecule has 1 saturated heterocycles. The third kappa shape index (κ3) is 5.58. The number of hydrogen-bond donors (Lipinski definition) is 2.